The Morgan fingerprint density at radius 2 is 2.20 bits per heavy atom. The molecule has 1 saturated heterocycles. The molecule has 2 atom stereocenters. The van der Waals surface area contributed by atoms with Gasteiger partial charge in [0.25, 0.3) is 5.69 Å². The lowest BCUT2D eigenvalue weighted by molar-refractivity contribution is -0.386. The van der Waals surface area contributed by atoms with Gasteiger partial charge in [-0.15, -0.1) is 0 Å². The Morgan fingerprint density at radius 3 is 2.90 bits per heavy atom. The first-order chi connectivity index (χ1) is 9.65. The van der Waals surface area contributed by atoms with Crippen LogP contribution >= 0.6 is 0 Å². The number of piperidine rings is 1. The van der Waals surface area contributed by atoms with E-state index in [1.165, 1.54) is 12.8 Å². The highest BCUT2D eigenvalue weighted by molar-refractivity contribution is 5.41. The molecule has 0 aliphatic carbocycles. The molecule has 1 aromatic rings. The van der Waals surface area contributed by atoms with Crippen LogP contribution in [0.1, 0.15) is 37.8 Å². The summed E-state index contributed by atoms with van der Waals surface area (Å²) in [5.41, 5.74) is 1.05. The third-order valence-corrected chi connectivity index (χ3v) is 4.19. The van der Waals surface area contributed by atoms with E-state index in [9.17, 15) is 10.1 Å². The summed E-state index contributed by atoms with van der Waals surface area (Å²) in [7, 11) is 1.96. The number of nitrogens with zero attached hydrogens (tertiary/aromatic N) is 2. The fraction of sp³-hybridized carbons (Fsp3) is 0.600. The average molecular weight is 277 g/mol. The van der Waals surface area contributed by atoms with Crippen molar-refractivity contribution in [2.45, 2.75) is 38.3 Å². The van der Waals surface area contributed by atoms with Gasteiger partial charge in [0.1, 0.15) is 0 Å². The Hall–Kier alpha value is -1.46. The molecule has 1 aromatic carbocycles. The van der Waals surface area contributed by atoms with Gasteiger partial charge in [-0.2, -0.15) is 0 Å². The third kappa shape index (κ3) is 3.16. The number of benzene rings is 1. The molecule has 0 saturated carbocycles. The highest BCUT2D eigenvalue weighted by Gasteiger charge is 2.30. The van der Waals surface area contributed by atoms with E-state index in [0.717, 1.165) is 25.1 Å². The van der Waals surface area contributed by atoms with Crippen LogP contribution in [0.2, 0.25) is 0 Å². The maximum absolute atomic E-state index is 11.2. The summed E-state index contributed by atoms with van der Waals surface area (Å²) in [6.45, 7) is 4.03. The van der Waals surface area contributed by atoms with Crippen molar-refractivity contribution >= 4 is 5.69 Å². The number of para-hydroxylation sites is 1. The normalized spacial score (nSPS) is 21.6. The summed E-state index contributed by atoms with van der Waals surface area (Å²) in [5, 5.41) is 14.4. The molecule has 1 aliphatic heterocycles. The standard InChI is InChI=1S/C15H23N3O2/c1-12(14-8-3-4-9-15(14)18(19)20)17-10-6-5-7-13(17)11-16-2/h3-4,8-9,12-13,16H,5-7,10-11H2,1-2H3. The molecular weight excluding hydrogens is 254 g/mol. The lowest BCUT2D eigenvalue weighted by Gasteiger charge is -2.39. The van der Waals surface area contributed by atoms with Crippen molar-refractivity contribution in [1.82, 2.24) is 10.2 Å². The molecule has 2 unspecified atom stereocenters. The number of rotatable bonds is 5. The molecule has 1 N–H and O–H groups in total. The minimum Gasteiger partial charge on any atom is -0.318 e. The van der Waals surface area contributed by atoms with Crippen LogP contribution in [0.5, 0.6) is 0 Å². The summed E-state index contributed by atoms with van der Waals surface area (Å²) in [6.07, 6.45) is 3.57. The SMILES string of the molecule is CNCC1CCCCN1C(C)c1ccccc1[N+](=O)[O-]. The molecule has 0 amide bonds. The first-order valence-corrected chi connectivity index (χ1v) is 7.28. The molecule has 0 radical (unpaired) electrons. The molecule has 0 spiro atoms. The fourth-order valence-electron chi connectivity index (χ4n) is 3.17. The zero-order valence-electron chi connectivity index (χ0n) is 12.2. The van der Waals surface area contributed by atoms with E-state index in [-0.39, 0.29) is 16.7 Å². The van der Waals surface area contributed by atoms with Crippen molar-refractivity contribution in [2.24, 2.45) is 0 Å². The molecule has 0 bridgehead atoms. The van der Waals surface area contributed by atoms with Gasteiger partial charge in [-0.05, 0) is 33.4 Å². The lowest BCUT2D eigenvalue weighted by Crippen LogP contribution is -2.46. The molecule has 1 aliphatic rings. The Morgan fingerprint density at radius 1 is 1.45 bits per heavy atom. The van der Waals surface area contributed by atoms with Gasteiger partial charge in [-0.3, -0.25) is 15.0 Å². The van der Waals surface area contributed by atoms with E-state index >= 15 is 0 Å². The van der Waals surface area contributed by atoms with E-state index in [1.807, 2.05) is 19.2 Å². The topological polar surface area (TPSA) is 58.4 Å². The number of likely N-dealkylation sites (N-methyl/N-ethyl adjacent to an activating group) is 1. The third-order valence-electron chi connectivity index (χ3n) is 4.19. The van der Waals surface area contributed by atoms with Crippen molar-refractivity contribution < 1.29 is 4.92 Å². The van der Waals surface area contributed by atoms with E-state index < -0.39 is 0 Å². The molecular formula is C15H23N3O2. The summed E-state index contributed by atoms with van der Waals surface area (Å²) in [4.78, 5) is 13.3. The molecule has 5 nitrogen and oxygen atoms in total. The van der Waals surface area contributed by atoms with E-state index in [2.05, 4.69) is 17.1 Å². The van der Waals surface area contributed by atoms with Crippen LogP contribution in [0.3, 0.4) is 0 Å². The Balaban J connectivity index is 2.25. The maximum atomic E-state index is 11.2. The minimum atomic E-state index is -0.275. The second-order valence-corrected chi connectivity index (χ2v) is 5.44. The second-order valence-electron chi connectivity index (χ2n) is 5.44. The van der Waals surface area contributed by atoms with Crippen molar-refractivity contribution in [2.75, 3.05) is 20.1 Å². The van der Waals surface area contributed by atoms with Crippen molar-refractivity contribution in [3.05, 3.63) is 39.9 Å². The monoisotopic (exact) mass is 277 g/mol. The largest absolute Gasteiger partial charge is 0.318 e. The van der Waals surface area contributed by atoms with Gasteiger partial charge in [0.05, 0.1) is 4.92 Å². The van der Waals surface area contributed by atoms with Crippen LogP contribution in [0.4, 0.5) is 5.69 Å². The Bertz CT molecular complexity index is 462. The zero-order chi connectivity index (χ0) is 14.5. The number of nitro benzene ring substituents is 1. The second kappa shape index (κ2) is 6.81. The predicted molar refractivity (Wildman–Crippen MR) is 79.8 cm³/mol. The van der Waals surface area contributed by atoms with Crippen LogP contribution in [0, 0.1) is 10.1 Å². The van der Waals surface area contributed by atoms with Crippen molar-refractivity contribution in [3.63, 3.8) is 0 Å². The Labute approximate surface area is 120 Å². The predicted octanol–water partition coefficient (Wildman–Crippen LogP) is 2.73. The van der Waals surface area contributed by atoms with Gasteiger partial charge in [-0.25, -0.2) is 0 Å². The highest BCUT2D eigenvalue weighted by atomic mass is 16.6. The first kappa shape index (κ1) is 14.9. The van der Waals surface area contributed by atoms with Gasteiger partial charge in [0.15, 0.2) is 0 Å². The molecule has 1 fully saturated rings. The summed E-state index contributed by atoms with van der Waals surface area (Å²) >= 11 is 0. The van der Waals surface area contributed by atoms with Crippen molar-refractivity contribution in [1.29, 1.82) is 0 Å². The smallest absolute Gasteiger partial charge is 0.274 e. The van der Waals surface area contributed by atoms with Gasteiger partial charge in [0.2, 0.25) is 0 Å². The molecule has 2 rings (SSSR count). The average Bonchev–Trinajstić information content (AvgIpc) is 2.47. The number of hydrogen-bond acceptors (Lipinski definition) is 4. The van der Waals surface area contributed by atoms with Crippen LogP contribution in [-0.2, 0) is 0 Å². The molecule has 110 valence electrons. The fourth-order valence-corrected chi connectivity index (χ4v) is 3.17. The van der Waals surface area contributed by atoms with E-state index in [1.54, 1.807) is 12.1 Å². The first-order valence-electron chi connectivity index (χ1n) is 7.28. The highest BCUT2D eigenvalue weighted by Crippen LogP contribution is 2.32. The number of nitro groups is 1. The van der Waals surface area contributed by atoms with E-state index in [4.69, 9.17) is 0 Å². The number of likely N-dealkylation sites (tertiary alicyclic amines) is 1. The minimum absolute atomic E-state index is 0.0789. The molecule has 5 heteroatoms. The van der Waals surface area contributed by atoms with E-state index in [0.29, 0.717) is 6.04 Å². The van der Waals surface area contributed by atoms with Crippen LogP contribution < -0.4 is 5.32 Å². The Kier molecular flexibility index (Phi) is 5.09. The van der Waals surface area contributed by atoms with Gasteiger partial charge < -0.3 is 5.32 Å². The summed E-state index contributed by atoms with van der Waals surface area (Å²) < 4.78 is 0. The van der Waals surface area contributed by atoms with Crippen LogP contribution in [0.15, 0.2) is 24.3 Å². The number of hydrogen-bond donors (Lipinski definition) is 1. The van der Waals surface area contributed by atoms with Gasteiger partial charge in [0, 0.05) is 30.3 Å². The maximum Gasteiger partial charge on any atom is 0.274 e. The molecule has 20 heavy (non-hydrogen) atoms. The van der Waals surface area contributed by atoms with Crippen molar-refractivity contribution in [3.8, 4) is 0 Å². The van der Waals surface area contributed by atoms with Crippen LogP contribution in [-0.4, -0.2) is 36.0 Å². The molecule has 1 heterocycles. The quantitative estimate of drug-likeness (QED) is 0.664. The zero-order valence-corrected chi connectivity index (χ0v) is 12.2. The van der Waals surface area contributed by atoms with Gasteiger partial charge in [-0.1, -0.05) is 24.6 Å². The summed E-state index contributed by atoms with van der Waals surface area (Å²) in [5.74, 6) is 0. The number of nitrogens with one attached hydrogen (secondary N) is 1. The van der Waals surface area contributed by atoms with Gasteiger partial charge >= 0.3 is 0 Å². The summed E-state index contributed by atoms with van der Waals surface area (Å²) in [6, 6.07) is 7.64. The van der Waals surface area contributed by atoms with Crippen LogP contribution in [0.25, 0.3) is 0 Å². The molecule has 0 aromatic heterocycles. The lowest BCUT2D eigenvalue weighted by atomic mass is 9.96.